The summed E-state index contributed by atoms with van der Waals surface area (Å²) in [7, 11) is 4.11. The number of aromatic nitrogens is 1. The third-order valence-corrected chi connectivity index (χ3v) is 3.95. The van der Waals surface area contributed by atoms with Crippen LogP contribution in [-0.4, -0.2) is 32.1 Å². The monoisotopic (exact) mass is 371 g/mol. The van der Waals surface area contributed by atoms with Gasteiger partial charge in [-0.3, -0.25) is 4.79 Å². The van der Waals surface area contributed by atoms with Gasteiger partial charge in [0.25, 0.3) is 6.43 Å². The van der Waals surface area contributed by atoms with E-state index in [9.17, 15) is 13.6 Å². The Morgan fingerprint density at radius 3 is 2.24 bits per heavy atom. The first-order valence-electron chi connectivity index (χ1n) is 7.13. The minimum Gasteiger partial charge on any atom is -0.493 e. The van der Waals surface area contributed by atoms with E-state index in [-0.39, 0.29) is 22.0 Å². The van der Waals surface area contributed by atoms with E-state index in [0.717, 1.165) is 6.20 Å². The average Bonchev–Trinajstić information content (AvgIpc) is 2.60. The number of ether oxygens (including phenoxy) is 3. The average molecular weight is 372 g/mol. The molecule has 2 rings (SSSR count). The first-order valence-corrected chi connectivity index (χ1v) is 7.51. The van der Waals surface area contributed by atoms with Gasteiger partial charge in [-0.15, -0.1) is 0 Å². The van der Waals surface area contributed by atoms with Crippen LogP contribution in [0.25, 0.3) is 0 Å². The second-order valence-corrected chi connectivity index (χ2v) is 5.46. The summed E-state index contributed by atoms with van der Waals surface area (Å²) in [5.41, 5.74) is -0.320. The van der Waals surface area contributed by atoms with Gasteiger partial charge < -0.3 is 14.2 Å². The SMILES string of the molecule is COc1cc(C)c(C(=O)c2c(OC)ncc(Cl)c2C(F)F)cc1OC. The topological polar surface area (TPSA) is 57.7 Å². The zero-order valence-electron chi connectivity index (χ0n) is 14.0. The lowest BCUT2D eigenvalue weighted by Crippen LogP contribution is -2.12. The van der Waals surface area contributed by atoms with Crippen LogP contribution in [-0.2, 0) is 0 Å². The fraction of sp³-hybridized carbons (Fsp3) is 0.294. The number of halogens is 3. The maximum atomic E-state index is 13.5. The predicted octanol–water partition coefficient (Wildman–Crippen LogP) is 4.24. The molecule has 0 unspecified atom stereocenters. The minimum absolute atomic E-state index is 0.155. The molecule has 0 spiro atoms. The fourth-order valence-electron chi connectivity index (χ4n) is 2.43. The molecule has 0 bridgehead atoms. The lowest BCUT2D eigenvalue weighted by Gasteiger charge is -2.16. The van der Waals surface area contributed by atoms with Crippen molar-refractivity contribution in [3.8, 4) is 17.4 Å². The third-order valence-electron chi connectivity index (χ3n) is 3.65. The molecule has 0 N–H and O–H groups in total. The number of alkyl halides is 2. The van der Waals surface area contributed by atoms with Crippen molar-refractivity contribution in [1.29, 1.82) is 0 Å². The van der Waals surface area contributed by atoms with Gasteiger partial charge in [-0.2, -0.15) is 0 Å². The van der Waals surface area contributed by atoms with Gasteiger partial charge in [-0.1, -0.05) is 11.6 Å². The maximum Gasteiger partial charge on any atom is 0.266 e. The lowest BCUT2D eigenvalue weighted by atomic mass is 9.96. The Morgan fingerprint density at radius 1 is 1.12 bits per heavy atom. The van der Waals surface area contributed by atoms with Crippen LogP contribution in [0.15, 0.2) is 18.3 Å². The van der Waals surface area contributed by atoms with Crippen molar-refractivity contribution in [2.45, 2.75) is 13.3 Å². The van der Waals surface area contributed by atoms with Gasteiger partial charge in [-0.25, -0.2) is 13.8 Å². The molecule has 0 radical (unpaired) electrons. The third kappa shape index (κ3) is 3.51. The predicted molar refractivity (Wildman–Crippen MR) is 88.5 cm³/mol. The van der Waals surface area contributed by atoms with Crippen LogP contribution in [0.5, 0.6) is 17.4 Å². The molecule has 1 aromatic carbocycles. The molecule has 1 heterocycles. The number of nitrogens with zero attached hydrogens (tertiary/aromatic N) is 1. The smallest absolute Gasteiger partial charge is 0.266 e. The number of ketones is 1. The second-order valence-electron chi connectivity index (χ2n) is 5.06. The van der Waals surface area contributed by atoms with Crippen molar-refractivity contribution >= 4 is 17.4 Å². The molecule has 8 heteroatoms. The van der Waals surface area contributed by atoms with Crippen molar-refractivity contribution in [3.63, 3.8) is 0 Å². The summed E-state index contributed by atoms with van der Waals surface area (Å²) >= 11 is 5.84. The van der Waals surface area contributed by atoms with Crippen molar-refractivity contribution in [2.75, 3.05) is 21.3 Å². The van der Waals surface area contributed by atoms with Crippen molar-refractivity contribution in [1.82, 2.24) is 4.98 Å². The Hall–Kier alpha value is -2.41. The van der Waals surface area contributed by atoms with E-state index >= 15 is 0 Å². The molecule has 0 aliphatic carbocycles. The number of pyridine rings is 1. The molecule has 0 aliphatic rings. The number of carbonyl (C=O) groups is 1. The Labute approximate surface area is 148 Å². The van der Waals surface area contributed by atoms with Crippen molar-refractivity contribution in [3.05, 3.63) is 45.6 Å². The molecule has 25 heavy (non-hydrogen) atoms. The number of carbonyl (C=O) groups excluding carboxylic acids is 1. The number of methoxy groups -OCH3 is 3. The molecular weight excluding hydrogens is 356 g/mol. The maximum absolute atomic E-state index is 13.5. The minimum atomic E-state index is -2.97. The van der Waals surface area contributed by atoms with Crippen LogP contribution in [0.2, 0.25) is 5.02 Å². The highest BCUT2D eigenvalue weighted by Crippen LogP contribution is 2.37. The second kappa shape index (κ2) is 7.65. The van der Waals surface area contributed by atoms with E-state index in [1.165, 1.54) is 27.4 Å². The Kier molecular flexibility index (Phi) is 5.79. The Morgan fingerprint density at radius 2 is 1.72 bits per heavy atom. The standard InChI is InChI=1S/C17H16ClF2NO4/c1-8-5-11(23-2)12(24-3)6-9(8)15(22)14-13(16(19)20)10(18)7-21-17(14)25-4/h5-7,16H,1-4H3. The quantitative estimate of drug-likeness (QED) is 0.711. The summed E-state index contributed by atoms with van der Waals surface area (Å²) in [5, 5.41) is -0.308. The normalized spacial score (nSPS) is 10.7. The first-order chi connectivity index (χ1) is 11.8. The molecule has 134 valence electrons. The van der Waals surface area contributed by atoms with E-state index < -0.39 is 17.8 Å². The number of hydrogen-bond donors (Lipinski definition) is 0. The molecule has 5 nitrogen and oxygen atoms in total. The molecule has 0 fully saturated rings. The van der Waals surface area contributed by atoms with E-state index in [1.807, 2.05) is 0 Å². The van der Waals surface area contributed by atoms with Gasteiger partial charge >= 0.3 is 0 Å². The van der Waals surface area contributed by atoms with Gasteiger partial charge in [-0.05, 0) is 24.6 Å². The van der Waals surface area contributed by atoms with E-state index in [0.29, 0.717) is 17.1 Å². The summed E-state index contributed by atoms with van der Waals surface area (Å²) in [6.07, 6.45) is -1.94. The molecule has 1 aromatic heterocycles. The highest BCUT2D eigenvalue weighted by molar-refractivity contribution is 6.32. The molecule has 0 saturated carbocycles. The first kappa shape index (κ1) is 18.9. The molecule has 0 amide bonds. The van der Waals surface area contributed by atoms with Crippen LogP contribution in [0.1, 0.15) is 33.5 Å². The summed E-state index contributed by atoms with van der Waals surface area (Å²) in [6.45, 7) is 1.65. The molecule has 0 aliphatic heterocycles. The summed E-state index contributed by atoms with van der Waals surface area (Å²) in [6, 6.07) is 3.00. The van der Waals surface area contributed by atoms with Crippen LogP contribution >= 0.6 is 11.6 Å². The van der Waals surface area contributed by atoms with E-state index in [2.05, 4.69) is 4.98 Å². The molecule has 0 atom stereocenters. The zero-order chi connectivity index (χ0) is 18.7. The number of benzene rings is 1. The highest BCUT2D eigenvalue weighted by atomic mass is 35.5. The van der Waals surface area contributed by atoms with Crippen LogP contribution in [0.4, 0.5) is 8.78 Å². The largest absolute Gasteiger partial charge is 0.493 e. The number of rotatable bonds is 6. The van der Waals surface area contributed by atoms with Crippen molar-refractivity contribution in [2.24, 2.45) is 0 Å². The van der Waals surface area contributed by atoms with Crippen molar-refractivity contribution < 1.29 is 27.8 Å². The molecule has 0 saturated heterocycles. The summed E-state index contributed by atoms with van der Waals surface area (Å²) in [5.74, 6) is -0.203. The summed E-state index contributed by atoms with van der Waals surface area (Å²) in [4.78, 5) is 16.8. The van der Waals surface area contributed by atoms with Crippen LogP contribution < -0.4 is 14.2 Å². The van der Waals surface area contributed by atoms with E-state index in [1.54, 1.807) is 13.0 Å². The zero-order valence-corrected chi connectivity index (χ0v) is 14.8. The molecule has 2 aromatic rings. The number of hydrogen-bond acceptors (Lipinski definition) is 5. The van der Waals surface area contributed by atoms with Gasteiger partial charge in [0, 0.05) is 5.56 Å². The van der Waals surface area contributed by atoms with Crippen LogP contribution in [0, 0.1) is 6.92 Å². The van der Waals surface area contributed by atoms with Crippen LogP contribution in [0.3, 0.4) is 0 Å². The molecular formula is C17H16ClF2NO4. The van der Waals surface area contributed by atoms with E-state index in [4.69, 9.17) is 25.8 Å². The van der Waals surface area contributed by atoms with Gasteiger partial charge in [0.05, 0.1) is 43.7 Å². The Bertz CT molecular complexity index is 812. The highest BCUT2D eigenvalue weighted by Gasteiger charge is 2.29. The van der Waals surface area contributed by atoms with Gasteiger partial charge in [0.1, 0.15) is 0 Å². The summed E-state index contributed by atoms with van der Waals surface area (Å²) < 4.78 is 42.3. The van der Waals surface area contributed by atoms with Gasteiger partial charge in [0.15, 0.2) is 17.3 Å². The number of aryl methyl sites for hydroxylation is 1. The lowest BCUT2D eigenvalue weighted by molar-refractivity contribution is 0.101. The van der Waals surface area contributed by atoms with Gasteiger partial charge in [0.2, 0.25) is 5.88 Å². The fourth-order valence-corrected chi connectivity index (χ4v) is 2.66. The Balaban J connectivity index is 2.72.